The molecular weight excluding hydrogens is 467 g/mol. The first kappa shape index (κ1) is 24.1. The first-order valence-electron chi connectivity index (χ1n) is 7.99. The summed E-state index contributed by atoms with van der Waals surface area (Å²) in [7, 11) is -9.83. The molecule has 0 aliphatic carbocycles. The van der Waals surface area contributed by atoms with Crippen molar-refractivity contribution in [1.82, 2.24) is 0 Å². The molecule has 0 aliphatic heterocycles. The second kappa shape index (κ2) is 6.67. The minimum Gasteiger partial charge on any atom is -0.332 e. The number of benzene rings is 2. The third-order valence-electron chi connectivity index (χ3n) is 3.76. The van der Waals surface area contributed by atoms with E-state index in [4.69, 9.17) is 12.2 Å². The number of hydrogen-bond acceptors (Lipinski definition) is 1. The van der Waals surface area contributed by atoms with Crippen LogP contribution in [-0.4, -0.2) is 5.11 Å². The number of rotatable bonds is 5. The van der Waals surface area contributed by atoms with Gasteiger partial charge in [-0.1, -0.05) is 19.4 Å². The molecule has 0 spiro atoms. The Morgan fingerprint density at radius 3 is 1.50 bits per heavy atom. The Labute approximate surface area is 171 Å². The highest BCUT2D eigenvalue weighted by molar-refractivity contribution is 8.45. The van der Waals surface area contributed by atoms with E-state index in [1.165, 1.54) is 0 Å². The third kappa shape index (κ3) is 6.42. The summed E-state index contributed by atoms with van der Waals surface area (Å²) >= 11 is 4.88. The summed E-state index contributed by atoms with van der Waals surface area (Å²) in [6.45, 7) is 1.03. The lowest BCUT2D eigenvalue weighted by Crippen LogP contribution is -2.21. The van der Waals surface area contributed by atoms with E-state index in [1.54, 1.807) is 0 Å². The van der Waals surface area contributed by atoms with Crippen LogP contribution in [0.4, 0.5) is 48.4 Å². The molecule has 0 saturated heterocycles. The van der Waals surface area contributed by atoms with Crippen molar-refractivity contribution in [2.45, 2.75) is 30.6 Å². The molecule has 2 rings (SSSR count). The Balaban J connectivity index is 2.25. The summed E-state index contributed by atoms with van der Waals surface area (Å²) < 4.78 is 118. The van der Waals surface area contributed by atoms with Crippen LogP contribution in [-0.2, 0) is 11.8 Å². The van der Waals surface area contributed by atoms with E-state index >= 15 is 0 Å². The summed E-state index contributed by atoms with van der Waals surface area (Å²) in [4.78, 5) is -2.10. The molecule has 0 radical (unpaired) electrons. The van der Waals surface area contributed by atoms with E-state index in [0.717, 1.165) is 12.1 Å². The van der Waals surface area contributed by atoms with Gasteiger partial charge in [-0.25, -0.2) is 17.6 Å². The summed E-state index contributed by atoms with van der Waals surface area (Å²) in [5.41, 5.74) is -1.79. The molecule has 2 N–H and O–H groups in total. The lowest BCUT2D eigenvalue weighted by molar-refractivity contribution is 0.0107. The quantitative estimate of drug-likeness (QED) is 0.331. The lowest BCUT2D eigenvalue weighted by atomic mass is 10.0. The zero-order valence-electron chi connectivity index (χ0n) is 15.3. The predicted molar refractivity (Wildman–Crippen MR) is 103 cm³/mol. The molecule has 13 heteroatoms. The highest BCUT2D eigenvalue weighted by Crippen LogP contribution is 3.02. The van der Waals surface area contributed by atoms with E-state index in [1.807, 2.05) is 0 Å². The Morgan fingerprint density at radius 2 is 1.13 bits per heavy atom. The fourth-order valence-corrected chi connectivity index (χ4v) is 3.18. The molecule has 2 aromatic carbocycles. The van der Waals surface area contributed by atoms with Crippen molar-refractivity contribution in [3.63, 3.8) is 0 Å². The minimum absolute atomic E-state index is 0.129. The van der Waals surface area contributed by atoms with Gasteiger partial charge in [0.25, 0.3) is 11.8 Å². The van der Waals surface area contributed by atoms with Crippen molar-refractivity contribution in [3.05, 3.63) is 53.6 Å². The molecule has 0 aliphatic rings. The van der Waals surface area contributed by atoms with Crippen LogP contribution in [0.2, 0.25) is 0 Å². The second-order valence-corrected chi connectivity index (χ2v) is 9.47. The number of nitrogens with one attached hydrogen (secondary N) is 2. The van der Waals surface area contributed by atoms with Gasteiger partial charge in [-0.3, -0.25) is 0 Å². The number of thiocarbonyl (C=S) groups is 1. The zero-order chi connectivity index (χ0) is 23.2. The van der Waals surface area contributed by atoms with Gasteiger partial charge in [0, 0.05) is 36.3 Å². The average Bonchev–Trinajstić information content (AvgIpc) is 2.51. The lowest BCUT2D eigenvalue weighted by Gasteiger charge is -2.40. The molecule has 0 saturated carbocycles. The van der Waals surface area contributed by atoms with Crippen molar-refractivity contribution in [2.24, 2.45) is 0 Å². The fourth-order valence-electron chi connectivity index (χ4n) is 2.30. The summed E-state index contributed by atoms with van der Waals surface area (Å²) in [5.74, 6) is -6.87. The largest absolute Gasteiger partial charge is 0.332 e. The maximum atomic E-state index is 13.6. The number of anilines is 2. The van der Waals surface area contributed by atoms with Crippen molar-refractivity contribution >= 4 is 38.9 Å². The molecule has 168 valence electrons. The van der Waals surface area contributed by atoms with Gasteiger partial charge in [-0.05, 0) is 54.7 Å². The molecule has 2 aromatic rings. The van der Waals surface area contributed by atoms with Crippen molar-refractivity contribution in [2.75, 3.05) is 10.6 Å². The van der Waals surface area contributed by atoms with E-state index in [2.05, 4.69) is 10.6 Å². The molecule has 0 fully saturated rings. The molecule has 30 heavy (non-hydrogen) atoms. The van der Waals surface area contributed by atoms with Crippen LogP contribution in [0.25, 0.3) is 0 Å². The van der Waals surface area contributed by atoms with Gasteiger partial charge in [0.15, 0.2) is 5.11 Å². The fraction of sp³-hybridized carbons (Fsp3) is 0.235. The zero-order valence-corrected chi connectivity index (χ0v) is 16.9. The van der Waals surface area contributed by atoms with Gasteiger partial charge in [0.05, 0.1) is 0 Å². The summed E-state index contributed by atoms with van der Waals surface area (Å²) in [5, 5.41) is 4.37. The molecule has 0 atom stereocenters. The van der Waals surface area contributed by atoms with Crippen LogP contribution in [0.1, 0.15) is 25.0 Å². The van der Waals surface area contributed by atoms with Crippen molar-refractivity contribution in [3.8, 4) is 0 Å². The van der Waals surface area contributed by atoms with Crippen LogP contribution < -0.4 is 10.6 Å². The van der Waals surface area contributed by atoms with Crippen LogP contribution in [0.5, 0.6) is 0 Å². The van der Waals surface area contributed by atoms with Gasteiger partial charge in [0.2, 0.25) is 0 Å². The van der Waals surface area contributed by atoms with Crippen molar-refractivity contribution in [1.29, 1.82) is 0 Å². The Bertz CT molecular complexity index is 929. The minimum atomic E-state index is -9.83. The van der Waals surface area contributed by atoms with E-state index < -0.39 is 38.1 Å². The van der Waals surface area contributed by atoms with E-state index in [9.17, 15) is 37.0 Å². The Morgan fingerprint density at radius 1 is 0.733 bits per heavy atom. The maximum absolute atomic E-state index is 13.6. The number of alkyl halides is 4. The van der Waals surface area contributed by atoms with Gasteiger partial charge < -0.3 is 10.6 Å². The molecule has 0 heterocycles. The standard InChI is InChI=1S/C17H15F9N2S2/c1-16(18,19)10-7-11(17(2,20)21)9-13(8-10)28-15(29)27-12-3-5-14(6-4-12)30(22,23,24,25)26/h3-9H,1-2H3,(H2,27,28,29). The SMILES string of the molecule is CC(F)(F)c1cc(NC(=S)Nc2ccc(S(F)(F)(F)(F)F)cc2)cc(C(C)(F)F)c1. The van der Waals surface area contributed by atoms with E-state index in [-0.39, 0.29) is 28.6 Å². The van der Waals surface area contributed by atoms with Crippen LogP contribution in [0.3, 0.4) is 0 Å². The van der Waals surface area contributed by atoms with Gasteiger partial charge in [0.1, 0.15) is 4.90 Å². The number of hydrogen-bond donors (Lipinski definition) is 2. The Kier molecular flexibility index (Phi) is 5.37. The number of halogens is 9. The molecule has 0 bridgehead atoms. The van der Waals surface area contributed by atoms with Crippen molar-refractivity contribution < 1.29 is 37.0 Å². The first-order valence-corrected chi connectivity index (χ1v) is 10.3. The average molecular weight is 482 g/mol. The molecular formula is C17H15F9N2S2. The summed E-state index contributed by atoms with van der Waals surface area (Å²) in [6, 6.07) is 4.06. The third-order valence-corrected chi connectivity index (χ3v) is 5.13. The molecule has 0 amide bonds. The highest BCUT2D eigenvalue weighted by atomic mass is 32.5. The Hall–Kier alpha value is -2.15. The van der Waals surface area contributed by atoms with Crippen LogP contribution >= 0.6 is 22.4 Å². The smallest absolute Gasteiger partial charge is 0.310 e. The van der Waals surface area contributed by atoms with Gasteiger partial charge in [-0.2, -0.15) is 0 Å². The monoisotopic (exact) mass is 482 g/mol. The molecule has 2 nitrogen and oxygen atoms in total. The predicted octanol–water partition coefficient (Wildman–Crippen LogP) is 8.38. The van der Waals surface area contributed by atoms with Gasteiger partial charge in [-0.15, -0.1) is 0 Å². The van der Waals surface area contributed by atoms with Crippen LogP contribution in [0.15, 0.2) is 47.4 Å². The maximum Gasteiger partial charge on any atom is 0.310 e. The second-order valence-electron chi connectivity index (χ2n) is 6.65. The van der Waals surface area contributed by atoms with E-state index in [0.29, 0.717) is 32.0 Å². The highest BCUT2D eigenvalue weighted by Gasteiger charge is 2.65. The normalized spacial score (nSPS) is 15.2. The summed E-state index contributed by atoms with van der Waals surface area (Å²) in [6.07, 6.45) is 0. The molecule has 0 aromatic heterocycles. The van der Waals surface area contributed by atoms with Gasteiger partial charge >= 0.3 is 10.2 Å². The van der Waals surface area contributed by atoms with Crippen LogP contribution in [0, 0.1) is 0 Å². The molecule has 0 unspecified atom stereocenters. The first-order chi connectivity index (χ1) is 13.1. The topological polar surface area (TPSA) is 24.1 Å².